The second-order valence-electron chi connectivity index (χ2n) is 8.78. The van der Waals surface area contributed by atoms with Crippen LogP contribution in [0.15, 0.2) is 42.7 Å². The maximum absolute atomic E-state index is 15.9. The molecular weight excluding hydrogens is 503 g/mol. The molecule has 1 aliphatic rings. The Morgan fingerprint density at radius 3 is 2.66 bits per heavy atom. The minimum Gasteiger partial charge on any atom is -0.493 e. The van der Waals surface area contributed by atoms with Crippen molar-refractivity contribution in [2.75, 3.05) is 20.2 Å². The van der Waals surface area contributed by atoms with E-state index in [9.17, 15) is 23.5 Å². The molecule has 1 aliphatic heterocycles. The number of aromatic nitrogens is 4. The molecule has 196 valence electrons. The minimum atomic E-state index is -1.33. The molecule has 1 amide bonds. The highest BCUT2D eigenvalue weighted by atomic mass is 19.1. The Morgan fingerprint density at radius 1 is 1.13 bits per heavy atom. The number of carbonyl (C=O) groups excluding carboxylic acids is 1. The summed E-state index contributed by atoms with van der Waals surface area (Å²) in [5, 5.41) is 17.2. The van der Waals surface area contributed by atoms with Crippen molar-refractivity contribution in [3.05, 3.63) is 71.4 Å². The smallest absolute Gasteiger partial charge is 0.352 e. The molecule has 2 aromatic heterocycles. The molecule has 2 N–H and O–H groups in total. The van der Waals surface area contributed by atoms with Gasteiger partial charge in [0.1, 0.15) is 11.5 Å². The molecule has 0 atom stereocenters. The molecule has 0 saturated heterocycles. The van der Waals surface area contributed by atoms with Gasteiger partial charge in [0.2, 0.25) is 5.91 Å². The van der Waals surface area contributed by atoms with E-state index in [0.717, 1.165) is 6.07 Å². The highest BCUT2D eigenvalue weighted by molar-refractivity contribution is 6.03. The largest absolute Gasteiger partial charge is 0.493 e. The van der Waals surface area contributed by atoms with E-state index >= 15 is 4.39 Å². The van der Waals surface area contributed by atoms with Gasteiger partial charge in [-0.25, -0.2) is 18.0 Å². The number of fused-ring (bicyclic) bond motifs is 1. The van der Waals surface area contributed by atoms with Gasteiger partial charge in [-0.05, 0) is 35.8 Å². The molecule has 5 rings (SSSR count). The highest BCUT2D eigenvalue weighted by Crippen LogP contribution is 2.41. The maximum Gasteiger partial charge on any atom is 0.352 e. The van der Waals surface area contributed by atoms with Gasteiger partial charge in [-0.1, -0.05) is 11.3 Å². The summed E-state index contributed by atoms with van der Waals surface area (Å²) in [6.45, 7) is 0.869. The molecule has 38 heavy (non-hydrogen) atoms. The maximum atomic E-state index is 15.9. The summed E-state index contributed by atoms with van der Waals surface area (Å²) in [5.41, 5.74) is 0.281. The number of rotatable bonds is 7. The standard InChI is InChI=1S/C26H22F3N5O4/c1-38-25-19(9-15(27)10-20(25)28)17-11-16(23(29)24-18(17)12-21(31-24)26(36)37)14-3-2-6-33(13-14)22(35)4-7-34-8-5-30-32-34/h3,5,8-12,31H,2,4,6-7,13H2,1H3,(H,36,37). The van der Waals surface area contributed by atoms with Crippen molar-refractivity contribution in [1.29, 1.82) is 0 Å². The van der Waals surface area contributed by atoms with Gasteiger partial charge in [0.15, 0.2) is 17.4 Å². The summed E-state index contributed by atoms with van der Waals surface area (Å²) in [6.07, 6.45) is 5.58. The van der Waals surface area contributed by atoms with Gasteiger partial charge >= 0.3 is 5.97 Å². The number of aromatic amines is 1. The summed E-state index contributed by atoms with van der Waals surface area (Å²) < 4.78 is 51.4. The summed E-state index contributed by atoms with van der Waals surface area (Å²) in [6, 6.07) is 4.32. The Kier molecular flexibility index (Phi) is 6.62. The van der Waals surface area contributed by atoms with Crippen LogP contribution in [-0.4, -0.2) is 62.1 Å². The van der Waals surface area contributed by atoms with Crippen LogP contribution in [-0.2, 0) is 11.3 Å². The van der Waals surface area contributed by atoms with Crippen LogP contribution in [0.25, 0.3) is 27.6 Å². The molecule has 3 heterocycles. The van der Waals surface area contributed by atoms with Crippen LogP contribution in [0.4, 0.5) is 13.2 Å². The van der Waals surface area contributed by atoms with E-state index in [4.69, 9.17) is 4.74 Å². The van der Waals surface area contributed by atoms with Gasteiger partial charge in [-0.2, -0.15) is 0 Å². The Bertz CT molecular complexity index is 1580. The Balaban J connectivity index is 1.58. The minimum absolute atomic E-state index is 0.00985. The van der Waals surface area contributed by atoms with Gasteiger partial charge < -0.3 is 19.7 Å². The third kappa shape index (κ3) is 4.60. The van der Waals surface area contributed by atoms with E-state index in [1.807, 2.05) is 0 Å². The third-order valence-corrected chi connectivity index (χ3v) is 6.46. The number of methoxy groups -OCH3 is 1. The number of hydrogen-bond acceptors (Lipinski definition) is 5. The van der Waals surface area contributed by atoms with E-state index in [2.05, 4.69) is 15.3 Å². The second-order valence-corrected chi connectivity index (χ2v) is 8.78. The number of H-pyrrole nitrogens is 1. The lowest BCUT2D eigenvalue weighted by atomic mass is 9.92. The fraction of sp³-hybridized carbons (Fsp3) is 0.231. The molecule has 0 saturated carbocycles. The van der Waals surface area contributed by atoms with Crippen molar-refractivity contribution in [1.82, 2.24) is 24.9 Å². The average molecular weight is 525 g/mol. The van der Waals surface area contributed by atoms with Crippen molar-refractivity contribution in [3.8, 4) is 16.9 Å². The van der Waals surface area contributed by atoms with Crippen LogP contribution >= 0.6 is 0 Å². The van der Waals surface area contributed by atoms with E-state index in [-0.39, 0.29) is 57.9 Å². The topological polar surface area (TPSA) is 113 Å². The van der Waals surface area contributed by atoms with Crippen molar-refractivity contribution in [2.24, 2.45) is 0 Å². The SMILES string of the molecule is COc1c(F)cc(F)cc1-c1cc(C2=CCCN(C(=O)CCn3ccnn3)C2)c(F)c2[nH]c(C(=O)O)cc12. The van der Waals surface area contributed by atoms with Crippen molar-refractivity contribution in [3.63, 3.8) is 0 Å². The van der Waals surface area contributed by atoms with Crippen LogP contribution in [0.5, 0.6) is 5.75 Å². The highest BCUT2D eigenvalue weighted by Gasteiger charge is 2.26. The molecule has 12 heteroatoms. The van der Waals surface area contributed by atoms with Gasteiger partial charge in [0.25, 0.3) is 0 Å². The number of benzene rings is 2. The number of amides is 1. The van der Waals surface area contributed by atoms with Crippen molar-refractivity contribution < 1.29 is 32.6 Å². The predicted octanol–water partition coefficient (Wildman–Crippen LogP) is 4.26. The lowest BCUT2D eigenvalue weighted by molar-refractivity contribution is -0.131. The summed E-state index contributed by atoms with van der Waals surface area (Å²) in [5.74, 6) is -4.34. The van der Waals surface area contributed by atoms with E-state index in [1.165, 1.54) is 30.1 Å². The fourth-order valence-electron chi connectivity index (χ4n) is 4.67. The number of hydrogen-bond donors (Lipinski definition) is 2. The summed E-state index contributed by atoms with van der Waals surface area (Å²) >= 11 is 0. The first-order chi connectivity index (χ1) is 18.3. The lowest BCUT2D eigenvalue weighted by Crippen LogP contribution is -2.36. The summed E-state index contributed by atoms with van der Waals surface area (Å²) in [7, 11) is 1.22. The van der Waals surface area contributed by atoms with E-state index in [1.54, 1.807) is 17.2 Å². The first-order valence-corrected chi connectivity index (χ1v) is 11.7. The fourth-order valence-corrected chi connectivity index (χ4v) is 4.67. The molecule has 9 nitrogen and oxygen atoms in total. The lowest BCUT2D eigenvalue weighted by Gasteiger charge is -2.28. The number of aryl methyl sites for hydroxylation is 1. The zero-order valence-electron chi connectivity index (χ0n) is 20.2. The molecule has 0 aliphatic carbocycles. The van der Waals surface area contributed by atoms with Gasteiger partial charge in [-0.15, -0.1) is 5.10 Å². The van der Waals surface area contributed by atoms with E-state index in [0.29, 0.717) is 31.1 Å². The van der Waals surface area contributed by atoms with Crippen LogP contribution in [0.2, 0.25) is 0 Å². The van der Waals surface area contributed by atoms with Gasteiger partial charge in [0.05, 0.1) is 25.4 Å². The molecule has 0 spiro atoms. The number of carboxylic acids is 1. The van der Waals surface area contributed by atoms with Crippen molar-refractivity contribution >= 4 is 28.4 Å². The molecule has 0 unspecified atom stereocenters. The molecule has 0 fully saturated rings. The molecule has 0 radical (unpaired) electrons. The Labute approximate surface area is 214 Å². The van der Waals surface area contributed by atoms with E-state index < -0.39 is 23.4 Å². The van der Waals surface area contributed by atoms with Gasteiger partial charge in [0, 0.05) is 48.3 Å². The number of carboxylic acid groups (broad SMARTS) is 1. The number of halogens is 3. The quantitative estimate of drug-likeness (QED) is 0.373. The third-order valence-electron chi connectivity index (χ3n) is 6.46. The van der Waals surface area contributed by atoms with Crippen LogP contribution in [0.1, 0.15) is 28.9 Å². The molecular formula is C26H22F3N5O4. The normalized spacial score (nSPS) is 13.6. The monoisotopic (exact) mass is 525 g/mol. The molecule has 4 aromatic rings. The van der Waals surface area contributed by atoms with Crippen molar-refractivity contribution in [2.45, 2.75) is 19.4 Å². The first-order valence-electron chi connectivity index (χ1n) is 11.7. The van der Waals surface area contributed by atoms with Crippen LogP contribution in [0.3, 0.4) is 0 Å². The molecule has 0 bridgehead atoms. The molecule has 2 aromatic carbocycles. The van der Waals surface area contributed by atoms with Crippen LogP contribution in [0, 0.1) is 17.5 Å². The van der Waals surface area contributed by atoms with Gasteiger partial charge in [-0.3, -0.25) is 9.48 Å². The number of carbonyl (C=O) groups is 2. The number of nitrogens with one attached hydrogen (secondary N) is 1. The zero-order valence-corrected chi connectivity index (χ0v) is 20.2. The number of ether oxygens (including phenoxy) is 1. The Morgan fingerprint density at radius 2 is 1.95 bits per heavy atom. The zero-order chi connectivity index (χ0) is 27.0. The Hall–Kier alpha value is -4.61. The summed E-state index contributed by atoms with van der Waals surface area (Å²) in [4.78, 5) is 28.7. The average Bonchev–Trinajstić information content (AvgIpc) is 3.58. The second kappa shape index (κ2) is 10.0. The van der Waals surface area contributed by atoms with Crippen LogP contribution < -0.4 is 4.74 Å². The predicted molar refractivity (Wildman–Crippen MR) is 131 cm³/mol. The number of aromatic carboxylic acids is 1. The first kappa shape index (κ1) is 25.1. The number of nitrogens with zero attached hydrogens (tertiary/aromatic N) is 4.